The second kappa shape index (κ2) is 6.75. The maximum atomic E-state index is 13.3. The van der Waals surface area contributed by atoms with Gasteiger partial charge >= 0.3 is 0 Å². The highest BCUT2D eigenvalue weighted by atomic mass is 19.1. The van der Waals surface area contributed by atoms with Gasteiger partial charge in [0, 0.05) is 12.1 Å². The van der Waals surface area contributed by atoms with Crippen molar-refractivity contribution in [1.82, 2.24) is 5.16 Å². The van der Waals surface area contributed by atoms with E-state index in [4.69, 9.17) is 14.3 Å². The van der Waals surface area contributed by atoms with Gasteiger partial charge in [0.2, 0.25) is 0 Å². The Morgan fingerprint density at radius 2 is 1.77 bits per heavy atom. The number of benzene rings is 2. The number of halogens is 1. The zero-order chi connectivity index (χ0) is 18.1. The van der Waals surface area contributed by atoms with Crippen molar-refractivity contribution < 1.29 is 13.7 Å². The number of hydrogen-bond acceptors (Lipinski definition) is 4. The molecule has 0 aliphatic carbocycles. The average molecular weight is 350 g/mol. The SMILES string of the molecule is COc1ccc(C2CC(c3ccc(F)cc3)=Nc3c(C)noc3C2)cc1. The largest absolute Gasteiger partial charge is 0.497 e. The Kier molecular flexibility index (Phi) is 4.29. The maximum Gasteiger partial charge on any atom is 0.163 e. The number of rotatable bonds is 3. The van der Waals surface area contributed by atoms with E-state index in [0.29, 0.717) is 0 Å². The molecule has 26 heavy (non-hydrogen) atoms. The Morgan fingerprint density at radius 1 is 1.04 bits per heavy atom. The lowest BCUT2D eigenvalue weighted by Gasteiger charge is -2.16. The van der Waals surface area contributed by atoms with Crippen LogP contribution in [0, 0.1) is 12.7 Å². The third-order valence-electron chi connectivity index (χ3n) is 4.78. The highest BCUT2D eigenvalue weighted by Crippen LogP contribution is 2.37. The summed E-state index contributed by atoms with van der Waals surface area (Å²) in [5.74, 6) is 1.56. The fraction of sp³-hybridized carbons (Fsp3) is 0.238. The van der Waals surface area contributed by atoms with Gasteiger partial charge in [-0.2, -0.15) is 0 Å². The molecule has 3 aromatic rings. The molecular formula is C21H19FN2O2. The molecule has 1 aliphatic heterocycles. The molecule has 0 radical (unpaired) electrons. The standard InChI is InChI=1S/C21H19FN2O2/c1-13-21-20(26-24-13)12-16(14-5-9-18(25-2)10-6-14)11-19(23-21)15-3-7-17(22)8-4-15/h3-10,16H,11-12H2,1-2H3. The van der Waals surface area contributed by atoms with E-state index < -0.39 is 0 Å². The van der Waals surface area contributed by atoms with E-state index >= 15 is 0 Å². The predicted octanol–water partition coefficient (Wildman–Crippen LogP) is 4.98. The number of aromatic nitrogens is 1. The molecule has 4 nitrogen and oxygen atoms in total. The summed E-state index contributed by atoms with van der Waals surface area (Å²) in [6.07, 6.45) is 1.46. The first-order chi connectivity index (χ1) is 12.6. The minimum absolute atomic E-state index is 0.193. The number of aryl methyl sites for hydroxylation is 1. The Bertz CT molecular complexity index is 943. The van der Waals surface area contributed by atoms with E-state index in [-0.39, 0.29) is 11.7 Å². The number of fused-ring (bicyclic) bond motifs is 1. The Labute approximate surface area is 151 Å². The van der Waals surface area contributed by atoms with Gasteiger partial charge in [-0.25, -0.2) is 9.38 Å². The molecule has 0 fully saturated rings. The fourth-order valence-electron chi connectivity index (χ4n) is 3.34. The van der Waals surface area contributed by atoms with E-state index in [1.54, 1.807) is 19.2 Å². The molecule has 0 saturated heterocycles. The van der Waals surface area contributed by atoms with Crippen LogP contribution < -0.4 is 4.74 Å². The van der Waals surface area contributed by atoms with E-state index in [2.05, 4.69) is 17.3 Å². The molecule has 0 saturated carbocycles. The number of methoxy groups -OCH3 is 1. The summed E-state index contributed by atoms with van der Waals surface area (Å²) in [6.45, 7) is 1.89. The van der Waals surface area contributed by atoms with Crippen molar-refractivity contribution in [3.8, 4) is 5.75 Å². The van der Waals surface area contributed by atoms with Crippen LogP contribution in [0.15, 0.2) is 58.0 Å². The van der Waals surface area contributed by atoms with E-state index in [0.717, 1.165) is 47.0 Å². The molecule has 5 heteroatoms. The summed E-state index contributed by atoms with van der Waals surface area (Å²) in [7, 11) is 1.66. The van der Waals surface area contributed by atoms with Gasteiger partial charge in [-0.05, 0) is 54.7 Å². The van der Waals surface area contributed by atoms with Crippen molar-refractivity contribution in [3.05, 3.63) is 76.9 Å². The van der Waals surface area contributed by atoms with E-state index in [1.165, 1.54) is 17.7 Å². The van der Waals surface area contributed by atoms with Gasteiger partial charge in [-0.15, -0.1) is 0 Å². The van der Waals surface area contributed by atoms with Crippen molar-refractivity contribution in [1.29, 1.82) is 0 Å². The number of aliphatic imine (C=N–C) groups is 1. The molecule has 2 aromatic carbocycles. The minimum Gasteiger partial charge on any atom is -0.497 e. The van der Waals surface area contributed by atoms with Gasteiger partial charge in [0.05, 0.1) is 7.11 Å². The summed E-state index contributed by atoms with van der Waals surface area (Å²) >= 11 is 0. The third-order valence-corrected chi connectivity index (χ3v) is 4.78. The van der Waals surface area contributed by atoms with Crippen molar-refractivity contribution >= 4 is 11.4 Å². The zero-order valence-electron chi connectivity index (χ0n) is 14.7. The smallest absolute Gasteiger partial charge is 0.163 e. The zero-order valence-corrected chi connectivity index (χ0v) is 14.7. The van der Waals surface area contributed by atoms with Crippen LogP contribution in [0.3, 0.4) is 0 Å². The normalized spacial score (nSPS) is 16.6. The number of ether oxygens (including phenoxy) is 1. The summed E-state index contributed by atoms with van der Waals surface area (Å²) in [5, 5.41) is 4.08. The van der Waals surface area contributed by atoms with Gasteiger partial charge in [0.1, 0.15) is 22.9 Å². The van der Waals surface area contributed by atoms with Crippen LogP contribution in [0.5, 0.6) is 5.75 Å². The van der Waals surface area contributed by atoms with Gasteiger partial charge in [0.15, 0.2) is 5.76 Å². The molecular weight excluding hydrogens is 331 g/mol. The number of hydrogen-bond donors (Lipinski definition) is 0. The van der Waals surface area contributed by atoms with Crippen LogP contribution in [-0.4, -0.2) is 18.0 Å². The van der Waals surface area contributed by atoms with E-state index in [1.807, 2.05) is 19.1 Å². The summed E-state index contributed by atoms with van der Waals surface area (Å²) in [5.41, 5.74) is 4.58. The molecule has 1 atom stereocenters. The van der Waals surface area contributed by atoms with Crippen LogP contribution in [0.25, 0.3) is 0 Å². The van der Waals surface area contributed by atoms with Crippen LogP contribution in [0.2, 0.25) is 0 Å². The Hall–Kier alpha value is -2.95. The van der Waals surface area contributed by atoms with Gasteiger partial charge in [-0.3, -0.25) is 0 Å². The Morgan fingerprint density at radius 3 is 2.46 bits per heavy atom. The molecule has 1 unspecified atom stereocenters. The lowest BCUT2D eigenvalue weighted by Crippen LogP contribution is -2.09. The third kappa shape index (κ3) is 3.12. The maximum absolute atomic E-state index is 13.3. The van der Waals surface area contributed by atoms with Crippen molar-refractivity contribution in [2.75, 3.05) is 7.11 Å². The van der Waals surface area contributed by atoms with Crippen molar-refractivity contribution in [2.45, 2.75) is 25.7 Å². The van der Waals surface area contributed by atoms with Gasteiger partial charge in [-0.1, -0.05) is 29.4 Å². The lowest BCUT2D eigenvalue weighted by atomic mass is 9.88. The summed E-state index contributed by atoms with van der Waals surface area (Å²) in [6, 6.07) is 14.5. The first kappa shape index (κ1) is 16.5. The molecule has 0 N–H and O–H groups in total. The minimum atomic E-state index is -0.253. The van der Waals surface area contributed by atoms with Crippen LogP contribution in [0.1, 0.15) is 34.9 Å². The van der Waals surface area contributed by atoms with Crippen LogP contribution in [-0.2, 0) is 6.42 Å². The van der Waals surface area contributed by atoms with Gasteiger partial charge in [0.25, 0.3) is 0 Å². The molecule has 4 rings (SSSR count). The predicted molar refractivity (Wildman–Crippen MR) is 97.9 cm³/mol. The average Bonchev–Trinajstić information content (AvgIpc) is 2.90. The monoisotopic (exact) mass is 350 g/mol. The van der Waals surface area contributed by atoms with Crippen LogP contribution >= 0.6 is 0 Å². The Balaban J connectivity index is 1.76. The first-order valence-corrected chi connectivity index (χ1v) is 8.56. The quantitative estimate of drug-likeness (QED) is 0.669. The van der Waals surface area contributed by atoms with Crippen LogP contribution in [0.4, 0.5) is 10.1 Å². The topological polar surface area (TPSA) is 47.6 Å². The highest BCUT2D eigenvalue weighted by molar-refractivity contribution is 6.03. The molecule has 2 heterocycles. The molecule has 0 amide bonds. The van der Waals surface area contributed by atoms with E-state index in [9.17, 15) is 4.39 Å². The van der Waals surface area contributed by atoms with Crippen molar-refractivity contribution in [3.63, 3.8) is 0 Å². The molecule has 132 valence electrons. The summed E-state index contributed by atoms with van der Waals surface area (Å²) in [4.78, 5) is 4.82. The molecule has 0 bridgehead atoms. The first-order valence-electron chi connectivity index (χ1n) is 8.56. The lowest BCUT2D eigenvalue weighted by molar-refractivity contribution is 0.373. The molecule has 1 aliphatic rings. The highest BCUT2D eigenvalue weighted by Gasteiger charge is 2.26. The van der Waals surface area contributed by atoms with Gasteiger partial charge < -0.3 is 9.26 Å². The molecule has 0 spiro atoms. The second-order valence-corrected chi connectivity index (χ2v) is 6.48. The molecule has 1 aromatic heterocycles. The van der Waals surface area contributed by atoms with Crippen molar-refractivity contribution in [2.24, 2.45) is 4.99 Å². The second-order valence-electron chi connectivity index (χ2n) is 6.48. The fourth-order valence-corrected chi connectivity index (χ4v) is 3.34. The number of nitrogens with zero attached hydrogens (tertiary/aromatic N) is 2. The summed E-state index contributed by atoms with van der Waals surface area (Å²) < 4.78 is 24.1.